The quantitative estimate of drug-likeness (QED) is 0.0355. The molecule has 0 aliphatic carbocycles. The van der Waals surface area contributed by atoms with Crippen molar-refractivity contribution in [3.8, 4) is 0 Å². The van der Waals surface area contributed by atoms with Crippen molar-refractivity contribution >= 4 is 47.4 Å². The molecule has 5 amide bonds. The molecule has 264 valence electrons. The van der Waals surface area contributed by atoms with Crippen LogP contribution in [-0.2, 0) is 35.2 Å². The Morgan fingerprint density at radius 2 is 1.31 bits per heavy atom. The number of amides is 5. The second-order valence-corrected chi connectivity index (χ2v) is 11.0. The van der Waals surface area contributed by atoms with Gasteiger partial charge in [-0.25, -0.2) is 4.79 Å². The number of carbonyl (C=O) groups is 6. The number of carboxylic acid groups (broad SMARTS) is 1. The highest BCUT2D eigenvalue weighted by molar-refractivity contribution is 5.96. The van der Waals surface area contributed by atoms with E-state index in [1.54, 1.807) is 30.3 Å². The standard InChI is InChI=1S/C29H45N11O8/c30-28(31)34-12-4-8-17(37-24(44)18-10-11-22(42)36-18)23(43)39-20(14-16-6-2-1-3-7-16)25(45)40-21(15-41)26(46)38-19(27(47)48)9-5-13-35-29(32)33/h1-3,6-7,17-21,41H,4-5,8-15H2,(H,36,42)(H,37,44)(H,38,46)(H,39,43)(H,40,45)(H,47,48)(H4,30,31,34)(H4,32,33,35). The molecule has 15 N–H and O–H groups in total. The molecule has 19 nitrogen and oxygen atoms in total. The highest BCUT2D eigenvalue weighted by atomic mass is 16.4. The first-order valence-corrected chi connectivity index (χ1v) is 15.3. The van der Waals surface area contributed by atoms with Gasteiger partial charge < -0.3 is 59.7 Å². The fourth-order valence-corrected chi connectivity index (χ4v) is 4.69. The number of nitrogens with two attached hydrogens (primary N) is 4. The van der Waals surface area contributed by atoms with Crippen molar-refractivity contribution in [2.45, 2.75) is 75.2 Å². The van der Waals surface area contributed by atoms with Crippen molar-refractivity contribution in [3.63, 3.8) is 0 Å². The third-order valence-corrected chi connectivity index (χ3v) is 7.18. The van der Waals surface area contributed by atoms with Crippen LogP contribution in [0.2, 0.25) is 0 Å². The van der Waals surface area contributed by atoms with E-state index in [2.05, 4.69) is 36.6 Å². The maximum atomic E-state index is 13.6. The monoisotopic (exact) mass is 675 g/mol. The van der Waals surface area contributed by atoms with Gasteiger partial charge in [-0.1, -0.05) is 30.3 Å². The summed E-state index contributed by atoms with van der Waals surface area (Å²) in [5, 5.41) is 31.9. The van der Waals surface area contributed by atoms with Gasteiger partial charge in [0, 0.05) is 25.9 Å². The van der Waals surface area contributed by atoms with Crippen molar-refractivity contribution in [2.75, 3.05) is 19.7 Å². The summed E-state index contributed by atoms with van der Waals surface area (Å²) in [5.74, 6) is -5.16. The molecule has 5 unspecified atom stereocenters. The molecule has 1 aliphatic heterocycles. The molecule has 0 spiro atoms. The molecule has 5 atom stereocenters. The SMILES string of the molecule is NC(N)=NCCCC(NC(=O)C(CO)NC(=O)C(Cc1ccccc1)NC(=O)C(CCCN=C(N)N)NC(=O)C1CCC(=O)N1)C(=O)O. The van der Waals surface area contributed by atoms with E-state index < -0.39 is 66.4 Å². The lowest BCUT2D eigenvalue weighted by molar-refractivity contribution is -0.142. The van der Waals surface area contributed by atoms with Crippen LogP contribution in [0.25, 0.3) is 0 Å². The van der Waals surface area contributed by atoms with Crippen molar-refractivity contribution < 1.29 is 39.0 Å². The zero-order valence-electron chi connectivity index (χ0n) is 26.4. The molecule has 1 fully saturated rings. The minimum atomic E-state index is -1.58. The number of hydrogen-bond donors (Lipinski definition) is 11. The number of nitrogens with one attached hydrogen (secondary N) is 5. The van der Waals surface area contributed by atoms with Crippen molar-refractivity contribution in [1.82, 2.24) is 26.6 Å². The average molecular weight is 676 g/mol. The second-order valence-electron chi connectivity index (χ2n) is 11.0. The Bertz CT molecular complexity index is 1330. The van der Waals surface area contributed by atoms with Crippen LogP contribution in [0.1, 0.15) is 44.1 Å². The van der Waals surface area contributed by atoms with E-state index in [4.69, 9.17) is 22.9 Å². The number of aliphatic imine (C=N–C) groups is 2. The minimum Gasteiger partial charge on any atom is -0.480 e. The molecular formula is C29H45N11O8. The van der Waals surface area contributed by atoms with E-state index in [1.807, 2.05) is 0 Å². The fraction of sp³-hybridized carbons (Fsp3) is 0.517. The molecule has 0 radical (unpaired) electrons. The Morgan fingerprint density at radius 3 is 1.83 bits per heavy atom. The Hall–Kier alpha value is -5.46. The number of rotatable bonds is 20. The molecule has 2 rings (SSSR count). The van der Waals surface area contributed by atoms with E-state index in [1.165, 1.54) is 0 Å². The van der Waals surface area contributed by atoms with E-state index in [9.17, 15) is 39.0 Å². The van der Waals surface area contributed by atoms with Gasteiger partial charge in [0.15, 0.2) is 11.9 Å². The molecule has 1 saturated heterocycles. The van der Waals surface area contributed by atoms with E-state index in [0.29, 0.717) is 5.56 Å². The van der Waals surface area contributed by atoms with Crippen LogP contribution in [0.5, 0.6) is 0 Å². The van der Waals surface area contributed by atoms with Crippen LogP contribution in [0.15, 0.2) is 40.3 Å². The molecular weight excluding hydrogens is 630 g/mol. The average Bonchev–Trinajstić information content (AvgIpc) is 3.48. The van der Waals surface area contributed by atoms with Crippen LogP contribution in [0.3, 0.4) is 0 Å². The van der Waals surface area contributed by atoms with Gasteiger partial charge in [0.25, 0.3) is 0 Å². The largest absolute Gasteiger partial charge is 0.480 e. The predicted octanol–water partition coefficient (Wildman–Crippen LogP) is -4.37. The van der Waals surface area contributed by atoms with Gasteiger partial charge in [-0.05, 0) is 37.7 Å². The van der Waals surface area contributed by atoms with Crippen LogP contribution >= 0.6 is 0 Å². The zero-order valence-corrected chi connectivity index (χ0v) is 26.4. The van der Waals surface area contributed by atoms with Gasteiger partial charge in [-0.15, -0.1) is 0 Å². The maximum absolute atomic E-state index is 13.6. The fourth-order valence-electron chi connectivity index (χ4n) is 4.69. The summed E-state index contributed by atoms with van der Waals surface area (Å²) in [4.78, 5) is 83.9. The minimum absolute atomic E-state index is 0.0442. The van der Waals surface area contributed by atoms with Crippen LogP contribution in [0.4, 0.5) is 0 Å². The summed E-state index contributed by atoms with van der Waals surface area (Å²) < 4.78 is 0. The van der Waals surface area contributed by atoms with Gasteiger partial charge in [0.1, 0.15) is 30.2 Å². The summed E-state index contributed by atoms with van der Waals surface area (Å²) in [5.41, 5.74) is 21.9. The lowest BCUT2D eigenvalue weighted by atomic mass is 10.0. The summed E-state index contributed by atoms with van der Waals surface area (Å²) in [7, 11) is 0. The molecule has 0 bridgehead atoms. The van der Waals surface area contributed by atoms with E-state index in [0.717, 1.165) is 0 Å². The summed E-state index contributed by atoms with van der Waals surface area (Å²) in [6.07, 6.45) is 0.862. The van der Waals surface area contributed by atoms with Gasteiger partial charge in [-0.2, -0.15) is 0 Å². The zero-order chi connectivity index (χ0) is 35.6. The maximum Gasteiger partial charge on any atom is 0.326 e. The second kappa shape index (κ2) is 19.9. The van der Waals surface area contributed by atoms with Crippen LogP contribution in [0, 0.1) is 0 Å². The van der Waals surface area contributed by atoms with Crippen molar-refractivity contribution in [3.05, 3.63) is 35.9 Å². The number of nitrogens with zero attached hydrogens (tertiary/aromatic N) is 2. The number of aliphatic carboxylic acids is 1. The molecule has 1 aliphatic rings. The summed E-state index contributed by atoms with van der Waals surface area (Å²) in [6.45, 7) is -0.621. The number of benzene rings is 1. The molecule has 1 aromatic rings. The Labute approximate surface area is 276 Å². The van der Waals surface area contributed by atoms with E-state index >= 15 is 0 Å². The number of aliphatic hydroxyl groups is 1. The number of hydrogen-bond acceptors (Lipinski definition) is 9. The van der Waals surface area contributed by atoms with Gasteiger partial charge in [-0.3, -0.25) is 34.0 Å². The van der Waals surface area contributed by atoms with E-state index in [-0.39, 0.29) is 75.9 Å². The summed E-state index contributed by atoms with van der Waals surface area (Å²) in [6, 6.07) is 2.36. The molecule has 0 saturated carbocycles. The molecule has 1 heterocycles. The number of aliphatic hydroxyl groups excluding tert-OH is 1. The van der Waals surface area contributed by atoms with Gasteiger partial charge in [0.2, 0.25) is 29.5 Å². The summed E-state index contributed by atoms with van der Waals surface area (Å²) >= 11 is 0. The lowest BCUT2D eigenvalue weighted by Gasteiger charge is -2.26. The van der Waals surface area contributed by atoms with Crippen LogP contribution < -0.4 is 49.5 Å². The molecule has 48 heavy (non-hydrogen) atoms. The Morgan fingerprint density at radius 1 is 0.792 bits per heavy atom. The first-order chi connectivity index (χ1) is 22.8. The number of guanidine groups is 2. The number of carboxylic acids is 1. The lowest BCUT2D eigenvalue weighted by Crippen LogP contribution is -2.59. The highest BCUT2D eigenvalue weighted by Gasteiger charge is 2.33. The van der Waals surface area contributed by atoms with Crippen molar-refractivity contribution in [1.29, 1.82) is 0 Å². The first kappa shape index (κ1) is 38.7. The first-order valence-electron chi connectivity index (χ1n) is 15.3. The molecule has 0 aromatic heterocycles. The topological polar surface area (TPSA) is 332 Å². The molecule has 1 aromatic carbocycles. The van der Waals surface area contributed by atoms with Gasteiger partial charge in [0.05, 0.1) is 6.61 Å². The third-order valence-electron chi connectivity index (χ3n) is 7.18. The van der Waals surface area contributed by atoms with Crippen LogP contribution in [-0.4, -0.2) is 108 Å². The Kier molecular flexibility index (Phi) is 16.1. The van der Waals surface area contributed by atoms with Gasteiger partial charge >= 0.3 is 5.97 Å². The Balaban J connectivity index is 2.21. The highest BCUT2D eigenvalue weighted by Crippen LogP contribution is 2.10. The molecule has 19 heteroatoms. The smallest absolute Gasteiger partial charge is 0.326 e. The normalized spacial score (nSPS) is 16.2. The van der Waals surface area contributed by atoms with Crippen molar-refractivity contribution in [2.24, 2.45) is 32.9 Å². The third kappa shape index (κ3) is 13.9. The predicted molar refractivity (Wildman–Crippen MR) is 174 cm³/mol. The number of carbonyl (C=O) groups excluding carboxylic acids is 5.